The van der Waals surface area contributed by atoms with Crippen LogP contribution in [-0.4, -0.2) is 53.4 Å². The normalized spacial score (nSPS) is 11.7. The molecule has 1 rings (SSSR count). The molecule has 0 aliphatic rings. The first kappa shape index (κ1) is 15.0. The van der Waals surface area contributed by atoms with Gasteiger partial charge in [0.05, 0.1) is 6.10 Å². The van der Waals surface area contributed by atoms with Gasteiger partial charge in [0.15, 0.2) is 0 Å². The van der Waals surface area contributed by atoms with Crippen molar-refractivity contribution in [1.82, 2.24) is 4.90 Å². The van der Waals surface area contributed by atoms with Crippen molar-refractivity contribution in [2.75, 3.05) is 25.0 Å². The maximum atomic E-state index is 12.2. The summed E-state index contributed by atoms with van der Waals surface area (Å²) in [5.74, 6) is -1.09. The Labute approximate surface area is 111 Å². The lowest BCUT2D eigenvalue weighted by Gasteiger charge is -2.27. The summed E-state index contributed by atoms with van der Waals surface area (Å²) in [7, 11) is 1.52. The molecule has 6 heteroatoms. The van der Waals surface area contributed by atoms with Crippen molar-refractivity contribution >= 4 is 17.7 Å². The number of carbonyl (C=O) groups is 2. The summed E-state index contributed by atoms with van der Waals surface area (Å²) in [5, 5.41) is 18.2. The molecule has 0 radical (unpaired) electrons. The first-order valence-electron chi connectivity index (χ1n) is 5.89. The zero-order chi connectivity index (χ0) is 14.4. The molecule has 1 atom stereocenters. The molecular formula is C13H18N2O4. The minimum atomic E-state index is -1.09. The van der Waals surface area contributed by atoms with Gasteiger partial charge >= 0.3 is 12.0 Å². The lowest BCUT2D eigenvalue weighted by Crippen LogP contribution is -2.45. The zero-order valence-corrected chi connectivity index (χ0v) is 11.0. The van der Waals surface area contributed by atoms with E-state index in [9.17, 15) is 14.7 Å². The van der Waals surface area contributed by atoms with Crippen LogP contribution in [0.25, 0.3) is 0 Å². The third kappa shape index (κ3) is 4.59. The number of aliphatic carboxylic acids is 1. The van der Waals surface area contributed by atoms with Crippen LogP contribution in [0.1, 0.15) is 6.92 Å². The number of carbonyl (C=O) groups excluding carboxylic acids is 1. The van der Waals surface area contributed by atoms with Crippen LogP contribution in [-0.2, 0) is 4.79 Å². The third-order valence-corrected chi connectivity index (χ3v) is 2.46. The van der Waals surface area contributed by atoms with Crippen LogP contribution in [0.3, 0.4) is 0 Å². The molecule has 0 aliphatic heterocycles. The quantitative estimate of drug-likeness (QED) is 0.833. The molecule has 0 bridgehead atoms. The first-order chi connectivity index (χ1) is 8.91. The fraction of sp³-hybridized carbons (Fsp3) is 0.385. The summed E-state index contributed by atoms with van der Waals surface area (Å²) in [6, 6.07) is 8.10. The van der Waals surface area contributed by atoms with E-state index >= 15 is 0 Å². The molecule has 0 saturated carbocycles. The van der Waals surface area contributed by atoms with Crippen LogP contribution >= 0.6 is 0 Å². The second-order valence-electron chi connectivity index (χ2n) is 4.33. The van der Waals surface area contributed by atoms with Crippen molar-refractivity contribution in [1.29, 1.82) is 0 Å². The highest BCUT2D eigenvalue weighted by atomic mass is 16.4. The lowest BCUT2D eigenvalue weighted by molar-refractivity contribution is -0.135. The molecule has 0 heterocycles. The molecule has 6 nitrogen and oxygen atoms in total. The summed E-state index contributed by atoms with van der Waals surface area (Å²) >= 11 is 0. The fourth-order valence-corrected chi connectivity index (χ4v) is 1.69. The summed E-state index contributed by atoms with van der Waals surface area (Å²) in [5.41, 5.74) is 0.507. The molecule has 104 valence electrons. The highest BCUT2D eigenvalue weighted by Gasteiger charge is 2.22. The molecule has 19 heavy (non-hydrogen) atoms. The number of rotatable bonds is 5. The van der Waals surface area contributed by atoms with Gasteiger partial charge in [-0.2, -0.15) is 0 Å². The van der Waals surface area contributed by atoms with Crippen LogP contribution in [0.4, 0.5) is 10.5 Å². The zero-order valence-electron chi connectivity index (χ0n) is 11.0. The molecule has 0 spiro atoms. The topological polar surface area (TPSA) is 81.1 Å². The van der Waals surface area contributed by atoms with Crippen LogP contribution < -0.4 is 4.90 Å². The third-order valence-electron chi connectivity index (χ3n) is 2.46. The molecule has 0 fully saturated rings. The number of amides is 2. The van der Waals surface area contributed by atoms with Gasteiger partial charge in [0.25, 0.3) is 0 Å². The Hall–Kier alpha value is -2.08. The van der Waals surface area contributed by atoms with Crippen molar-refractivity contribution in [3.8, 4) is 0 Å². The SMILES string of the molecule is CC(O)CN(C)C(=O)N(CC(=O)O)c1ccccc1. The summed E-state index contributed by atoms with van der Waals surface area (Å²) in [4.78, 5) is 25.5. The molecular weight excluding hydrogens is 248 g/mol. The maximum absolute atomic E-state index is 12.2. The predicted molar refractivity (Wildman–Crippen MR) is 71.1 cm³/mol. The number of likely N-dealkylation sites (N-methyl/N-ethyl adjacent to an activating group) is 1. The van der Waals surface area contributed by atoms with E-state index < -0.39 is 24.6 Å². The van der Waals surface area contributed by atoms with E-state index in [2.05, 4.69) is 0 Å². The van der Waals surface area contributed by atoms with Crippen molar-refractivity contribution in [3.63, 3.8) is 0 Å². The van der Waals surface area contributed by atoms with E-state index in [0.29, 0.717) is 5.69 Å². The average Bonchev–Trinajstić information content (AvgIpc) is 2.35. The highest BCUT2D eigenvalue weighted by molar-refractivity contribution is 5.96. The van der Waals surface area contributed by atoms with Crippen LogP contribution in [0.2, 0.25) is 0 Å². The average molecular weight is 266 g/mol. The first-order valence-corrected chi connectivity index (χ1v) is 5.89. The number of aliphatic hydroxyl groups excluding tert-OH is 1. The van der Waals surface area contributed by atoms with Gasteiger partial charge in [0, 0.05) is 19.3 Å². The van der Waals surface area contributed by atoms with Gasteiger partial charge in [-0.3, -0.25) is 9.69 Å². The summed E-state index contributed by atoms with van der Waals surface area (Å²) < 4.78 is 0. The van der Waals surface area contributed by atoms with Gasteiger partial charge in [-0.05, 0) is 19.1 Å². The molecule has 2 amide bonds. The molecule has 1 aromatic carbocycles. The fourth-order valence-electron chi connectivity index (χ4n) is 1.69. The largest absolute Gasteiger partial charge is 0.480 e. The minimum absolute atomic E-state index is 0.141. The van der Waals surface area contributed by atoms with Crippen LogP contribution in [0.15, 0.2) is 30.3 Å². The number of para-hydroxylation sites is 1. The number of hydrogen-bond donors (Lipinski definition) is 2. The van der Waals surface area contributed by atoms with Gasteiger partial charge in [0.1, 0.15) is 6.54 Å². The number of hydrogen-bond acceptors (Lipinski definition) is 3. The van der Waals surface area contributed by atoms with Gasteiger partial charge < -0.3 is 15.1 Å². The predicted octanol–water partition coefficient (Wildman–Crippen LogP) is 1.01. The van der Waals surface area contributed by atoms with E-state index in [1.807, 2.05) is 0 Å². The minimum Gasteiger partial charge on any atom is -0.480 e. The van der Waals surface area contributed by atoms with Crippen LogP contribution in [0.5, 0.6) is 0 Å². The number of urea groups is 1. The number of carboxylic acids is 1. The van der Waals surface area contributed by atoms with Gasteiger partial charge in [-0.25, -0.2) is 4.79 Å². The van der Waals surface area contributed by atoms with E-state index in [0.717, 1.165) is 4.90 Å². The Balaban J connectivity index is 2.91. The van der Waals surface area contributed by atoms with Gasteiger partial charge in [-0.15, -0.1) is 0 Å². The van der Waals surface area contributed by atoms with Crippen molar-refractivity contribution in [2.45, 2.75) is 13.0 Å². The van der Waals surface area contributed by atoms with Gasteiger partial charge in [0.2, 0.25) is 0 Å². The second-order valence-corrected chi connectivity index (χ2v) is 4.33. The number of carboxylic acid groups (broad SMARTS) is 1. The van der Waals surface area contributed by atoms with Crippen molar-refractivity contribution in [3.05, 3.63) is 30.3 Å². The van der Waals surface area contributed by atoms with E-state index in [4.69, 9.17) is 5.11 Å². The van der Waals surface area contributed by atoms with E-state index in [1.165, 1.54) is 11.9 Å². The standard InChI is InChI=1S/C13H18N2O4/c1-10(16)8-14(2)13(19)15(9-12(17)18)11-6-4-3-5-7-11/h3-7,10,16H,8-9H2,1-2H3,(H,17,18). The highest BCUT2D eigenvalue weighted by Crippen LogP contribution is 2.15. The molecule has 1 aromatic rings. The second kappa shape index (κ2) is 6.75. The lowest BCUT2D eigenvalue weighted by atomic mass is 10.3. The summed E-state index contributed by atoms with van der Waals surface area (Å²) in [6.45, 7) is 1.28. The van der Waals surface area contributed by atoms with E-state index in [1.54, 1.807) is 37.3 Å². The molecule has 0 aromatic heterocycles. The Morgan fingerprint density at radius 3 is 2.32 bits per heavy atom. The molecule has 0 aliphatic carbocycles. The monoisotopic (exact) mass is 266 g/mol. The van der Waals surface area contributed by atoms with E-state index in [-0.39, 0.29) is 6.54 Å². The number of nitrogens with zero attached hydrogens (tertiary/aromatic N) is 2. The smallest absolute Gasteiger partial charge is 0.324 e. The Morgan fingerprint density at radius 2 is 1.84 bits per heavy atom. The van der Waals surface area contributed by atoms with Crippen LogP contribution in [0, 0.1) is 0 Å². The number of anilines is 1. The number of aliphatic hydroxyl groups is 1. The van der Waals surface area contributed by atoms with Crippen molar-refractivity contribution < 1.29 is 19.8 Å². The molecule has 2 N–H and O–H groups in total. The van der Waals surface area contributed by atoms with Crippen molar-refractivity contribution in [2.24, 2.45) is 0 Å². The Kier molecular flexibility index (Phi) is 5.32. The van der Waals surface area contributed by atoms with Gasteiger partial charge in [-0.1, -0.05) is 18.2 Å². The molecule has 0 saturated heterocycles. The molecule has 1 unspecified atom stereocenters. The maximum Gasteiger partial charge on any atom is 0.324 e. The summed E-state index contributed by atoms with van der Waals surface area (Å²) in [6.07, 6.45) is -0.670. The Morgan fingerprint density at radius 1 is 1.26 bits per heavy atom. The number of benzene rings is 1. The Bertz CT molecular complexity index is 434.